The van der Waals surface area contributed by atoms with Gasteiger partial charge in [0.2, 0.25) is 0 Å². The molecule has 0 heterocycles. The molecule has 0 aliphatic carbocycles. The van der Waals surface area contributed by atoms with E-state index in [1.807, 2.05) is 0 Å². The summed E-state index contributed by atoms with van der Waals surface area (Å²) < 4.78 is 9.11. The molecule has 80 valence electrons. The van der Waals surface area contributed by atoms with Crippen molar-refractivity contribution in [2.45, 2.75) is 6.92 Å². The van der Waals surface area contributed by atoms with Gasteiger partial charge in [-0.15, -0.1) is 12.4 Å². The Balaban J connectivity index is 0. The average molecular weight is 221 g/mol. The van der Waals surface area contributed by atoms with Crippen LogP contribution in [0.4, 0.5) is 0 Å². The average Bonchev–Trinajstić information content (AvgIpc) is 2.12. The summed E-state index contributed by atoms with van der Waals surface area (Å²) in [5, 5.41) is 0. The van der Waals surface area contributed by atoms with Crippen LogP contribution >= 0.6 is 12.4 Å². The molecule has 5 heteroatoms. The monoisotopic (exact) mass is 220 g/mol. The number of carbonyl (C=O) groups is 2. The molecule has 14 heavy (non-hydrogen) atoms. The van der Waals surface area contributed by atoms with E-state index in [4.69, 9.17) is 0 Å². The molecule has 0 atom stereocenters. The first-order valence-corrected chi connectivity index (χ1v) is 3.83. The molecular formula is C9H13ClO4. The molecule has 0 aromatic heterocycles. The van der Waals surface area contributed by atoms with Gasteiger partial charge in [0.1, 0.15) is 6.61 Å². The maximum atomic E-state index is 10.7. The minimum Gasteiger partial charge on any atom is -0.463 e. The molecule has 0 aromatic rings. The Kier molecular flexibility index (Phi) is 10.6. The summed E-state index contributed by atoms with van der Waals surface area (Å²) in [5.41, 5.74) is 0. The molecule has 0 aliphatic heterocycles. The Labute approximate surface area is 89.0 Å². The summed E-state index contributed by atoms with van der Waals surface area (Å²) in [7, 11) is 0. The van der Waals surface area contributed by atoms with Gasteiger partial charge < -0.3 is 9.47 Å². The van der Waals surface area contributed by atoms with Gasteiger partial charge in [-0.3, -0.25) is 0 Å². The molecule has 0 rings (SSSR count). The van der Waals surface area contributed by atoms with Crippen molar-refractivity contribution in [3.63, 3.8) is 0 Å². The van der Waals surface area contributed by atoms with Gasteiger partial charge in [-0.25, -0.2) is 9.59 Å². The third kappa shape index (κ3) is 8.80. The van der Waals surface area contributed by atoms with E-state index in [0.29, 0.717) is 0 Å². The van der Waals surface area contributed by atoms with E-state index in [2.05, 4.69) is 16.1 Å². The standard InChI is InChI=1S/C9H12O4.ClH/c1-3-7-13-9(11)6-5-8(10)12-4-2;/h3,5-6H,1,4,7H2,2H3;1H. The van der Waals surface area contributed by atoms with Crippen molar-refractivity contribution in [2.75, 3.05) is 13.2 Å². The van der Waals surface area contributed by atoms with E-state index in [1.165, 1.54) is 6.08 Å². The van der Waals surface area contributed by atoms with Crippen molar-refractivity contribution in [1.82, 2.24) is 0 Å². The van der Waals surface area contributed by atoms with E-state index >= 15 is 0 Å². The lowest BCUT2D eigenvalue weighted by Crippen LogP contribution is -2.03. The Morgan fingerprint density at radius 2 is 1.71 bits per heavy atom. The molecule has 0 saturated heterocycles. The predicted molar refractivity (Wildman–Crippen MR) is 54.2 cm³/mol. The van der Waals surface area contributed by atoms with E-state index in [-0.39, 0.29) is 25.6 Å². The fourth-order valence-electron chi connectivity index (χ4n) is 0.516. The molecule has 4 nitrogen and oxygen atoms in total. The quantitative estimate of drug-likeness (QED) is 0.398. The van der Waals surface area contributed by atoms with Crippen molar-refractivity contribution in [1.29, 1.82) is 0 Å². The molecule has 0 aliphatic rings. The second kappa shape index (κ2) is 9.80. The SMILES string of the molecule is C=CCOC(=O)C=CC(=O)OCC.Cl. The molecule has 0 amide bonds. The van der Waals surface area contributed by atoms with Crippen molar-refractivity contribution in [3.8, 4) is 0 Å². The van der Waals surface area contributed by atoms with Crippen LogP contribution in [-0.2, 0) is 19.1 Å². The van der Waals surface area contributed by atoms with Gasteiger partial charge in [0.15, 0.2) is 0 Å². The first-order chi connectivity index (χ1) is 6.20. The van der Waals surface area contributed by atoms with Gasteiger partial charge in [-0.05, 0) is 6.92 Å². The molecule has 0 fully saturated rings. The summed E-state index contributed by atoms with van der Waals surface area (Å²) in [6.45, 7) is 5.46. The lowest BCUT2D eigenvalue weighted by atomic mass is 10.5. The zero-order valence-corrected chi connectivity index (χ0v) is 8.71. The highest BCUT2D eigenvalue weighted by atomic mass is 35.5. The minimum absolute atomic E-state index is 0. The van der Waals surface area contributed by atoms with Gasteiger partial charge in [-0.2, -0.15) is 0 Å². The van der Waals surface area contributed by atoms with Gasteiger partial charge in [0.25, 0.3) is 0 Å². The van der Waals surface area contributed by atoms with Crippen LogP contribution in [0.3, 0.4) is 0 Å². The van der Waals surface area contributed by atoms with Crippen LogP contribution in [0.5, 0.6) is 0 Å². The number of ether oxygens (including phenoxy) is 2. The van der Waals surface area contributed by atoms with Crippen LogP contribution < -0.4 is 0 Å². The number of rotatable bonds is 5. The maximum absolute atomic E-state index is 10.7. The highest BCUT2D eigenvalue weighted by molar-refractivity contribution is 5.91. The molecular weight excluding hydrogens is 208 g/mol. The molecule has 0 N–H and O–H groups in total. The summed E-state index contributed by atoms with van der Waals surface area (Å²) in [5.74, 6) is -1.15. The summed E-state index contributed by atoms with van der Waals surface area (Å²) in [4.78, 5) is 21.4. The Morgan fingerprint density at radius 3 is 2.14 bits per heavy atom. The second-order valence-corrected chi connectivity index (χ2v) is 2.00. The van der Waals surface area contributed by atoms with Crippen LogP contribution in [0.15, 0.2) is 24.8 Å². The summed E-state index contributed by atoms with van der Waals surface area (Å²) >= 11 is 0. The van der Waals surface area contributed by atoms with Gasteiger partial charge in [0, 0.05) is 12.2 Å². The smallest absolute Gasteiger partial charge is 0.331 e. The minimum atomic E-state index is -0.590. The van der Waals surface area contributed by atoms with E-state index in [1.54, 1.807) is 6.92 Å². The van der Waals surface area contributed by atoms with Crippen LogP contribution in [0.1, 0.15) is 6.92 Å². The zero-order chi connectivity index (χ0) is 10.1. The highest BCUT2D eigenvalue weighted by Gasteiger charge is 1.97. The van der Waals surface area contributed by atoms with Crippen molar-refractivity contribution >= 4 is 24.3 Å². The summed E-state index contributed by atoms with van der Waals surface area (Å²) in [6, 6.07) is 0. The van der Waals surface area contributed by atoms with Gasteiger partial charge in [0.05, 0.1) is 6.61 Å². The molecule has 0 unspecified atom stereocenters. The van der Waals surface area contributed by atoms with E-state index < -0.39 is 11.9 Å². The van der Waals surface area contributed by atoms with Crippen molar-refractivity contribution in [3.05, 3.63) is 24.8 Å². The van der Waals surface area contributed by atoms with E-state index in [0.717, 1.165) is 12.2 Å². The van der Waals surface area contributed by atoms with Crippen LogP contribution in [-0.4, -0.2) is 25.2 Å². The highest BCUT2D eigenvalue weighted by Crippen LogP contribution is 1.85. The van der Waals surface area contributed by atoms with Gasteiger partial charge >= 0.3 is 11.9 Å². The first-order valence-electron chi connectivity index (χ1n) is 3.83. The second-order valence-electron chi connectivity index (χ2n) is 2.00. The Bertz CT molecular complexity index is 223. The van der Waals surface area contributed by atoms with Crippen molar-refractivity contribution < 1.29 is 19.1 Å². The van der Waals surface area contributed by atoms with Crippen LogP contribution in [0.2, 0.25) is 0 Å². The third-order valence-electron chi connectivity index (χ3n) is 0.986. The topological polar surface area (TPSA) is 52.6 Å². The normalized spacial score (nSPS) is 8.93. The molecule has 0 saturated carbocycles. The number of esters is 2. The van der Waals surface area contributed by atoms with Crippen LogP contribution in [0.25, 0.3) is 0 Å². The Morgan fingerprint density at radius 1 is 1.21 bits per heavy atom. The van der Waals surface area contributed by atoms with E-state index in [9.17, 15) is 9.59 Å². The zero-order valence-electron chi connectivity index (χ0n) is 7.89. The molecule has 0 aromatic carbocycles. The number of hydrogen-bond acceptors (Lipinski definition) is 4. The third-order valence-corrected chi connectivity index (χ3v) is 0.986. The lowest BCUT2D eigenvalue weighted by molar-refractivity contribution is -0.139. The van der Waals surface area contributed by atoms with Crippen molar-refractivity contribution in [2.24, 2.45) is 0 Å². The largest absolute Gasteiger partial charge is 0.463 e. The Hall–Kier alpha value is -1.29. The number of carbonyl (C=O) groups excluding carboxylic acids is 2. The lowest BCUT2D eigenvalue weighted by Gasteiger charge is -1.96. The predicted octanol–water partition coefficient (Wildman–Crippen LogP) is 1.26. The number of hydrogen-bond donors (Lipinski definition) is 0. The summed E-state index contributed by atoms with van der Waals surface area (Å²) in [6.07, 6.45) is 3.48. The maximum Gasteiger partial charge on any atom is 0.331 e. The van der Waals surface area contributed by atoms with Gasteiger partial charge in [-0.1, -0.05) is 12.7 Å². The fraction of sp³-hybridized carbons (Fsp3) is 0.333. The molecule has 0 radical (unpaired) electrons. The fourth-order valence-corrected chi connectivity index (χ4v) is 0.516. The molecule has 0 spiro atoms. The molecule has 0 bridgehead atoms. The first kappa shape index (κ1) is 15.2. The number of halogens is 1. The van der Waals surface area contributed by atoms with Crippen LogP contribution in [0, 0.1) is 0 Å².